The summed E-state index contributed by atoms with van der Waals surface area (Å²) in [5, 5.41) is 38.1. The molecule has 0 aliphatic heterocycles. The molecule has 13 heteroatoms. The molecule has 0 bridgehead atoms. The Kier molecular flexibility index (Phi) is 107. The van der Waals surface area contributed by atoms with Crippen LogP contribution in [0.5, 0.6) is 0 Å². The van der Waals surface area contributed by atoms with Gasteiger partial charge in [-0.1, -0.05) is 315 Å². The van der Waals surface area contributed by atoms with Crippen LogP contribution in [0.3, 0.4) is 0 Å². The molecule has 0 unspecified atom stereocenters. The first-order chi connectivity index (χ1) is 38.2. The fourth-order valence-electron chi connectivity index (χ4n) is 7.70. The van der Waals surface area contributed by atoms with Crippen molar-refractivity contribution < 1.29 is 72.9 Å². The first kappa shape index (κ1) is 94.1. The third-order valence-electron chi connectivity index (χ3n) is 12.5. The molecule has 0 atom stereocenters. The largest absolute Gasteiger partial charge is 4.00 e. The predicted octanol–water partition coefficient (Wildman–Crippen LogP) is 18.2. The molecule has 10 nitrogen and oxygen atoms in total. The van der Waals surface area contributed by atoms with Crippen molar-refractivity contribution in [1.82, 2.24) is 0 Å². The molecule has 80 heavy (non-hydrogen) atoms. The van der Waals surface area contributed by atoms with E-state index >= 15 is 0 Å². The van der Waals surface area contributed by atoms with Gasteiger partial charge >= 0.3 is 24.6 Å². The van der Waals surface area contributed by atoms with Crippen LogP contribution in [0.1, 0.15) is 348 Å². The zero-order valence-electron chi connectivity index (χ0n) is 56.7. The Balaban J connectivity index is -0.000000137. The van der Waals surface area contributed by atoms with Crippen LogP contribution in [0.4, 0.5) is 0 Å². The number of hydrogen-bond acceptors (Lipinski definition) is 10. The maximum Gasteiger partial charge on any atom is 4.00 e. The van der Waals surface area contributed by atoms with E-state index < -0.39 is 23.3 Å². The maximum atomic E-state index is 11.7. The van der Waals surface area contributed by atoms with Gasteiger partial charge in [0.25, 0.3) is 0 Å². The maximum absolute atomic E-state index is 11.7. The van der Waals surface area contributed by atoms with Crippen molar-refractivity contribution in [2.45, 2.75) is 351 Å². The summed E-state index contributed by atoms with van der Waals surface area (Å²) >= 11 is 0. The smallest absolute Gasteiger partial charge is 0.852 e. The summed E-state index contributed by atoms with van der Waals surface area (Å²) in [4.78, 5) is 23.4. The van der Waals surface area contributed by atoms with Crippen LogP contribution >= 0.6 is 17.2 Å². The Labute approximate surface area is 521 Å². The van der Waals surface area contributed by atoms with Crippen molar-refractivity contribution in [1.29, 1.82) is 0 Å². The molecular formula is C67H138O10P2Ti. The average molecular weight is 1210 g/mol. The van der Waals surface area contributed by atoms with Crippen LogP contribution < -0.4 is 30.2 Å². The summed E-state index contributed by atoms with van der Waals surface area (Å²) in [5.74, 6) is 0. The summed E-state index contributed by atoms with van der Waals surface area (Å²) in [6.07, 6.45) is 57.5. The monoisotopic (exact) mass is 1210 g/mol. The molecule has 0 saturated carbocycles. The van der Waals surface area contributed by atoms with Crippen LogP contribution in [-0.4, -0.2) is 52.4 Å². The van der Waals surface area contributed by atoms with Crippen molar-refractivity contribution in [3.8, 4) is 0 Å². The second-order valence-corrected chi connectivity index (χ2v) is 24.2. The molecule has 0 spiro atoms. The van der Waals surface area contributed by atoms with Gasteiger partial charge in [0.05, 0.1) is 43.6 Å². The van der Waals surface area contributed by atoms with Crippen molar-refractivity contribution in [3.63, 3.8) is 0 Å². The molecular weight excluding hydrogens is 1070 g/mol. The summed E-state index contributed by atoms with van der Waals surface area (Å²) in [7, 11) is -3.81. The molecule has 0 aromatic heterocycles. The van der Waals surface area contributed by atoms with Gasteiger partial charge in [-0.05, 0) is 46.5 Å². The summed E-state index contributed by atoms with van der Waals surface area (Å²) in [6.45, 7) is 29.4. The molecule has 0 aliphatic rings. The first-order valence-electron chi connectivity index (χ1n) is 33.0. The Morgan fingerprint density at radius 1 is 0.312 bits per heavy atom. The van der Waals surface area contributed by atoms with Crippen LogP contribution in [0, 0.1) is 0 Å². The van der Waals surface area contributed by atoms with Gasteiger partial charge in [0.1, 0.15) is 0 Å². The standard InChI is InChI=1S/2C26H54O3P.3C4H7O.C3H7O.Ti/c2*1-3-5-7-9-11-13-15-17-19-21-23-25-28-30(27)29-26-24-22-20-18-16-14-12-10-8-6-4-2;3*1-4(2)3-5;1-3(2)4;/h2*3-26H2,1-2H3;3*1,3H2,2H3;3H,1-2H3;/q6*-1;+4/p+2. The third kappa shape index (κ3) is 121. The topological polar surface area (TPSA) is 175 Å². The SMILES string of the molecule is C=C(C)C[O-].C=C(C)C[O-].C=C(C)C[O-].CC(C)[O-].CCCCCCCCCCCCCOP([O-])OCCCCCCCCCCCCC.CCCCCCCCCCCCCOP([O-])OCCCCCCCCCCCCC.[H+].[H+].[Ti+4]. The molecule has 0 aliphatic carbocycles. The third-order valence-corrected chi connectivity index (χ3v) is 14.1. The molecule has 0 amide bonds. The van der Waals surface area contributed by atoms with Crippen LogP contribution in [-0.2, 0) is 39.8 Å². The van der Waals surface area contributed by atoms with Gasteiger partial charge in [-0.25, -0.2) is 0 Å². The Morgan fingerprint density at radius 2 is 0.412 bits per heavy atom. The van der Waals surface area contributed by atoms with Crippen molar-refractivity contribution in [2.75, 3.05) is 46.2 Å². The van der Waals surface area contributed by atoms with E-state index in [1.165, 1.54) is 257 Å². The van der Waals surface area contributed by atoms with E-state index in [-0.39, 0.29) is 44.4 Å². The number of hydrogen-bond donors (Lipinski definition) is 0. The van der Waals surface area contributed by atoms with Crippen molar-refractivity contribution >= 4 is 17.2 Å². The van der Waals surface area contributed by atoms with E-state index in [9.17, 15) is 30.2 Å². The van der Waals surface area contributed by atoms with Gasteiger partial charge in [0.2, 0.25) is 0 Å². The first-order valence-corrected chi connectivity index (χ1v) is 35.1. The fraction of sp³-hybridized carbons (Fsp3) is 0.910. The molecule has 0 aromatic rings. The minimum atomic E-state index is -1.91. The zero-order valence-corrected chi connectivity index (χ0v) is 58.1. The Morgan fingerprint density at radius 3 is 0.512 bits per heavy atom. The minimum Gasteiger partial charge on any atom is -0.852 e. The van der Waals surface area contributed by atoms with Gasteiger partial charge in [-0.15, -0.1) is 45.7 Å². The van der Waals surface area contributed by atoms with E-state index in [2.05, 4.69) is 47.4 Å². The number of rotatable bonds is 55. The van der Waals surface area contributed by atoms with E-state index in [4.69, 9.17) is 18.1 Å². The van der Waals surface area contributed by atoms with Crippen molar-refractivity contribution in [3.05, 3.63) is 36.5 Å². The summed E-state index contributed by atoms with van der Waals surface area (Å²) < 4.78 is 21.2. The molecule has 0 saturated heterocycles. The van der Waals surface area contributed by atoms with Crippen molar-refractivity contribution in [2.24, 2.45) is 0 Å². The van der Waals surface area contributed by atoms with E-state index in [0.29, 0.717) is 43.1 Å². The molecule has 0 fully saturated rings. The molecule has 480 valence electrons. The van der Waals surface area contributed by atoms with E-state index in [1.54, 1.807) is 34.6 Å². The fourth-order valence-corrected chi connectivity index (χ4v) is 8.96. The van der Waals surface area contributed by atoms with E-state index in [0.717, 1.165) is 25.7 Å². The summed E-state index contributed by atoms with van der Waals surface area (Å²) in [6, 6.07) is 0. The predicted molar refractivity (Wildman–Crippen MR) is 340 cm³/mol. The van der Waals surface area contributed by atoms with Crippen LogP contribution in [0.25, 0.3) is 0 Å². The quantitative estimate of drug-likeness (QED) is 0.0247. The van der Waals surface area contributed by atoms with Gasteiger partial charge in [-0.3, -0.25) is 0 Å². The number of unbranched alkanes of at least 4 members (excludes halogenated alkanes) is 40. The molecule has 0 aromatic carbocycles. The Bertz CT molecular complexity index is 956. The van der Waals surface area contributed by atoms with Gasteiger partial charge in [-0.2, -0.15) is 0 Å². The second-order valence-electron chi connectivity index (χ2n) is 22.3. The van der Waals surface area contributed by atoms with Crippen LogP contribution in [0.15, 0.2) is 36.5 Å². The minimum absolute atomic E-state index is 0. The molecule has 0 heterocycles. The zero-order chi connectivity index (χ0) is 60.4. The van der Waals surface area contributed by atoms with Gasteiger partial charge < -0.3 is 48.3 Å². The molecule has 0 radical (unpaired) electrons. The average Bonchev–Trinajstić information content (AvgIpc) is 3.42. The Hall–Kier alpha value is 0.394. The van der Waals surface area contributed by atoms with E-state index in [1.807, 2.05) is 0 Å². The van der Waals surface area contributed by atoms with Gasteiger partial charge in [0, 0.05) is 0 Å². The van der Waals surface area contributed by atoms with Crippen LogP contribution in [0.2, 0.25) is 0 Å². The normalized spacial score (nSPS) is 10.6. The molecule has 0 N–H and O–H groups in total. The second kappa shape index (κ2) is 90.6. The molecule has 0 rings (SSSR count). The summed E-state index contributed by atoms with van der Waals surface area (Å²) in [5.41, 5.74) is 2.10. The van der Waals surface area contributed by atoms with Gasteiger partial charge in [0.15, 0.2) is 0 Å².